The third kappa shape index (κ3) is 1.78. The molecule has 1 atom stereocenters. The van der Waals surface area contributed by atoms with E-state index in [1.54, 1.807) is 6.92 Å². The van der Waals surface area contributed by atoms with Crippen molar-refractivity contribution in [1.82, 2.24) is 0 Å². The molecule has 90 valence electrons. The van der Waals surface area contributed by atoms with Gasteiger partial charge >= 0.3 is 0 Å². The van der Waals surface area contributed by atoms with Gasteiger partial charge in [-0.1, -0.05) is 31.2 Å². The zero-order valence-corrected chi connectivity index (χ0v) is 10.9. The van der Waals surface area contributed by atoms with Gasteiger partial charge in [-0.2, -0.15) is 0 Å². The molecule has 0 spiro atoms. The number of benzene rings is 1. The highest BCUT2D eigenvalue weighted by Gasteiger charge is 2.35. The van der Waals surface area contributed by atoms with Crippen LogP contribution in [0, 0.1) is 0 Å². The minimum atomic E-state index is -0.204. The molecule has 0 bridgehead atoms. The summed E-state index contributed by atoms with van der Waals surface area (Å²) in [5, 5.41) is 0. The zero-order chi connectivity index (χ0) is 12.6. The van der Waals surface area contributed by atoms with E-state index in [0.29, 0.717) is 0 Å². The van der Waals surface area contributed by atoms with Gasteiger partial charge < -0.3 is 4.90 Å². The standard InChI is InChI=1S/C15H19NO/c1-5-15(4)10-11(2)13-8-6-7-9-14(13)16(15)12(3)17/h6-10H,5H2,1-4H3. The Hall–Kier alpha value is -1.57. The monoisotopic (exact) mass is 229 g/mol. The first kappa shape index (κ1) is 11.9. The van der Waals surface area contributed by atoms with E-state index in [1.165, 1.54) is 5.57 Å². The van der Waals surface area contributed by atoms with Crippen molar-refractivity contribution in [2.75, 3.05) is 4.90 Å². The SMILES string of the molecule is CCC1(C)C=C(C)c2ccccc2N1C(C)=O. The van der Waals surface area contributed by atoms with Gasteiger partial charge in [0.15, 0.2) is 0 Å². The van der Waals surface area contributed by atoms with Crippen molar-refractivity contribution in [1.29, 1.82) is 0 Å². The van der Waals surface area contributed by atoms with Crippen LogP contribution in [0.25, 0.3) is 5.57 Å². The van der Waals surface area contributed by atoms with Crippen LogP contribution in [0.2, 0.25) is 0 Å². The lowest BCUT2D eigenvalue weighted by molar-refractivity contribution is -0.117. The number of allylic oxidation sites excluding steroid dienone is 1. The van der Waals surface area contributed by atoms with Gasteiger partial charge in [-0.25, -0.2) is 0 Å². The van der Waals surface area contributed by atoms with Gasteiger partial charge in [0.25, 0.3) is 0 Å². The normalized spacial score (nSPS) is 23.1. The predicted molar refractivity (Wildman–Crippen MR) is 71.9 cm³/mol. The van der Waals surface area contributed by atoms with Crippen LogP contribution in [0.4, 0.5) is 5.69 Å². The number of rotatable bonds is 1. The molecule has 1 aromatic carbocycles. The third-order valence-corrected chi connectivity index (χ3v) is 3.64. The number of carbonyl (C=O) groups excluding carboxylic acids is 1. The van der Waals surface area contributed by atoms with E-state index < -0.39 is 0 Å². The second-order valence-corrected chi connectivity index (χ2v) is 4.91. The van der Waals surface area contributed by atoms with E-state index in [-0.39, 0.29) is 11.4 Å². The average molecular weight is 229 g/mol. The first-order valence-electron chi connectivity index (χ1n) is 6.09. The summed E-state index contributed by atoms with van der Waals surface area (Å²) in [4.78, 5) is 13.9. The number of para-hydroxylation sites is 1. The molecule has 0 aliphatic carbocycles. The maximum atomic E-state index is 11.9. The summed E-state index contributed by atoms with van der Waals surface area (Å²) in [7, 11) is 0. The molecule has 17 heavy (non-hydrogen) atoms. The van der Waals surface area contributed by atoms with Crippen LogP contribution in [-0.2, 0) is 4.79 Å². The van der Waals surface area contributed by atoms with Gasteiger partial charge in [0.2, 0.25) is 5.91 Å². The highest BCUT2D eigenvalue weighted by atomic mass is 16.2. The Labute approximate surface area is 103 Å². The van der Waals surface area contributed by atoms with E-state index in [1.807, 2.05) is 23.1 Å². The topological polar surface area (TPSA) is 20.3 Å². The molecule has 1 aliphatic heterocycles. The van der Waals surface area contributed by atoms with Gasteiger partial charge in [-0.05, 0) is 31.9 Å². The second-order valence-electron chi connectivity index (χ2n) is 4.91. The Morgan fingerprint density at radius 2 is 2.00 bits per heavy atom. The Morgan fingerprint density at radius 3 is 2.59 bits per heavy atom. The average Bonchev–Trinajstić information content (AvgIpc) is 2.28. The summed E-state index contributed by atoms with van der Waals surface area (Å²) in [6.45, 7) is 7.99. The highest BCUT2D eigenvalue weighted by molar-refractivity contribution is 5.99. The summed E-state index contributed by atoms with van der Waals surface area (Å²) in [5.74, 6) is 0.102. The number of amides is 1. The van der Waals surface area contributed by atoms with Crippen molar-refractivity contribution in [2.24, 2.45) is 0 Å². The molecule has 0 radical (unpaired) electrons. The summed E-state index contributed by atoms with van der Waals surface area (Å²) < 4.78 is 0. The molecule has 2 nitrogen and oxygen atoms in total. The van der Waals surface area contributed by atoms with Crippen molar-refractivity contribution in [3.05, 3.63) is 35.9 Å². The van der Waals surface area contributed by atoms with Crippen LogP contribution in [0.5, 0.6) is 0 Å². The first-order chi connectivity index (χ1) is 7.99. The molecule has 0 aromatic heterocycles. The van der Waals surface area contributed by atoms with E-state index in [2.05, 4.69) is 32.9 Å². The van der Waals surface area contributed by atoms with Gasteiger partial charge in [0, 0.05) is 12.5 Å². The molecular formula is C15H19NO. The number of anilines is 1. The quantitative estimate of drug-likeness (QED) is 0.720. The number of hydrogen-bond donors (Lipinski definition) is 0. The van der Waals surface area contributed by atoms with Crippen LogP contribution in [-0.4, -0.2) is 11.4 Å². The fourth-order valence-electron chi connectivity index (χ4n) is 2.68. The van der Waals surface area contributed by atoms with Crippen molar-refractivity contribution < 1.29 is 4.79 Å². The molecule has 1 heterocycles. The molecule has 0 fully saturated rings. The smallest absolute Gasteiger partial charge is 0.224 e. The van der Waals surface area contributed by atoms with Crippen LogP contribution in [0.1, 0.15) is 39.7 Å². The Bertz CT molecular complexity index is 489. The zero-order valence-electron chi connectivity index (χ0n) is 10.9. The van der Waals surface area contributed by atoms with E-state index in [4.69, 9.17) is 0 Å². The molecule has 0 saturated heterocycles. The fraction of sp³-hybridized carbons (Fsp3) is 0.400. The van der Waals surface area contributed by atoms with Crippen LogP contribution in [0.3, 0.4) is 0 Å². The summed E-state index contributed by atoms with van der Waals surface area (Å²) in [5.41, 5.74) is 3.24. The molecule has 0 saturated carbocycles. The van der Waals surface area contributed by atoms with Crippen molar-refractivity contribution in [2.45, 2.75) is 39.7 Å². The summed E-state index contributed by atoms with van der Waals surface area (Å²) in [6, 6.07) is 8.11. The fourth-order valence-corrected chi connectivity index (χ4v) is 2.68. The van der Waals surface area contributed by atoms with Crippen molar-refractivity contribution >= 4 is 17.2 Å². The largest absolute Gasteiger partial charge is 0.303 e. The lowest BCUT2D eigenvalue weighted by Crippen LogP contribution is -2.49. The predicted octanol–water partition coefficient (Wildman–Crippen LogP) is 3.63. The Morgan fingerprint density at radius 1 is 1.35 bits per heavy atom. The van der Waals surface area contributed by atoms with Crippen LogP contribution < -0.4 is 4.90 Å². The van der Waals surface area contributed by atoms with Crippen LogP contribution >= 0.6 is 0 Å². The summed E-state index contributed by atoms with van der Waals surface area (Å²) >= 11 is 0. The van der Waals surface area contributed by atoms with Gasteiger partial charge in [-0.3, -0.25) is 4.79 Å². The maximum absolute atomic E-state index is 11.9. The summed E-state index contributed by atoms with van der Waals surface area (Å²) in [6.07, 6.45) is 3.12. The van der Waals surface area contributed by atoms with Gasteiger partial charge in [-0.15, -0.1) is 0 Å². The number of fused-ring (bicyclic) bond motifs is 1. The third-order valence-electron chi connectivity index (χ3n) is 3.64. The van der Waals surface area contributed by atoms with E-state index in [0.717, 1.165) is 17.7 Å². The number of carbonyl (C=O) groups is 1. The highest BCUT2D eigenvalue weighted by Crippen LogP contribution is 2.40. The number of hydrogen-bond acceptors (Lipinski definition) is 1. The maximum Gasteiger partial charge on any atom is 0.224 e. The Balaban J connectivity index is 2.67. The molecule has 0 N–H and O–H groups in total. The lowest BCUT2D eigenvalue weighted by atomic mass is 9.85. The van der Waals surface area contributed by atoms with E-state index in [9.17, 15) is 4.79 Å². The Kier molecular flexibility index (Phi) is 2.82. The molecule has 1 aliphatic rings. The molecule has 1 amide bonds. The first-order valence-corrected chi connectivity index (χ1v) is 6.09. The molecule has 1 unspecified atom stereocenters. The lowest BCUT2D eigenvalue weighted by Gasteiger charge is -2.43. The minimum absolute atomic E-state index is 0.102. The molecule has 2 rings (SSSR count). The van der Waals surface area contributed by atoms with E-state index >= 15 is 0 Å². The van der Waals surface area contributed by atoms with Gasteiger partial charge in [0.05, 0.1) is 11.2 Å². The van der Waals surface area contributed by atoms with Crippen molar-refractivity contribution in [3.63, 3.8) is 0 Å². The number of nitrogens with zero attached hydrogens (tertiary/aromatic N) is 1. The second kappa shape index (κ2) is 4.02. The molecular weight excluding hydrogens is 210 g/mol. The molecule has 1 aromatic rings. The minimum Gasteiger partial charge on any atom is -0.303 e. The molecule has 2 heteroatoms. The van der Waals surface area contributed by atoms with Crippen LogP contribution in [0.15, 0.2) is 30.3 Å². The van der Waals surface area contributed by atoms with Gasteiger partial charge in [0.1, 0.15) is 0 Å². The van der Waals surface area contributed by atoms with Crippen molar-refractivity contribution in [3.8, 4) is 0 Å².